The lowest BCUT2D eigenvalue weighted by molar-refractivity contribution is 1.03. The molecule has 0 amide bonds. The summed E-state index contributed by atoms with van der Waals surface area (Å²) in [6.07, 6.45) is 3.68. The summed E-state index contributed by atoms with van der Waals surface area (Å²) in [6, 6.07) is 5.95. The van der Waals surface area contributed by atoms with E-state index < -0.39 is 0 Å². The van der Waals surface area contributed by atoms with Gasteiger partial charge in [-0.3, -0.25) is 0 Å². The molecule has 0 atom stereocenters. The van der Waals surface area contributed by atoms with Crippen molar-refractivity contribution < 1.29 is 0 Å². The number of fused-ring (bicyclic) bond motifs is 1. The van der Waals surface area contributed by atoms with Gasteiger partial charge in [0.05, 0.1) is 0 Å². The number of H-pyrrole nitrogens is 1. The van der Waals surface area contributed by atoms with Crippen LogP contribution in [0.2, 0.25) is 0 Å². The summed E-state index contributed by atoms with van der Waals surface area (Å²) in [4.78, 5) is 16.1. The van der Waals surface area contributed by atoms with Crippen LogP contribution < -0.4 is 5.32 Å². The van der Waals surface area contributed by atoms with Gasteiger partial charge in [0, 0.05) is 23.3 Å². The molecule has 0 saturated heterocycles. The molecule has 3 heterocycles. The van der Waals surface area contributed by atoms with Gasteiger partial charge in [-0.25, -0.2) is 15.0 Å². The minimum absolute atomic E-state index is 0.740. The minimum atomic E-state index is 0.740. The second kappa shape index (κ2) is 4.10. The van der Waals surface area contributed by atoms with Crippen molar-refractivity contribution >= 4 is 22.7 Å². The van der Waals surface area contributed by atoms with Crippen LogP contribution in [0.15, 0.2) is 30.6 Å². The Morgan fingerprint density at radius 2 is 2.00 bits per heavy atom. The van der Waals surface area contributed by atoms with Crippen molar-refractivity contribution in [2.75, 3.05) is 5.32 Å². The molecule has 5 heteroatoms. The number of aryl methyl sites for hydroxylation is 2. The van der Waals surface area contributed by atoms with Crippen molar-refractivity contribution in [3.63, 3.8) is 0 Å². The number of pyridine rings is 1. The number of hydrogen-bond donors (Lipinski definition) is 2. The van der Waals surface area contributed by atoms with Gasteiger partial charge < -0.3 is 10.3 Å². The molecule has 0 aromatic carbocycles. The highest BCUT2D eigenvalue weighted by molar-refractivity contribution is 5.77. The Morgan fingerprint density at radius 3 is 2.89 bits per heavy atom. The summed E-state index contributed by atoms with van der Waals surface area (Å²) in [6.45, 7) is 3.83. The fraction of sp³-hybridized carbons (Fsp3) is 0.154. The van der Waals surface area contributed by atoms with Gasteiger partial charge in [-0.1, -0.05) is 0 Å². The quantitative estimate of drug-likeness (QED) is 0.721. The zero-order chi connectivity index (χ0) is 12.5. The second-order valence-electron chi connectivity index (χ2n) is 4.19. The molecule has 3 aromatic heterocycles. The lowest BCUT2D eigenvalue weighted by Gasteiger charge is -2.07. The van der Waals surface area contributed by atoms with Crippen molar-refractivity contribution in [2.24, 2.45) is 0 Å². The van der Waals surface area contributed by atoms with E-state index in [4.69, 9.17) is 0 Å². The molecule has 0 fully saturated rings. The van der Waals surface area contributed by atoms with Gasteiger partial charge >= 0.3 is 0 Å². The number of aromatic nitrogens is 4. The Kier molecular flexibility index (Phi) is 2.44. The number of hydrogen-bond acceptors (Lipinski definition) is 4. The molecule has 2 N–H and O–H groups in total. The first-order valence-electron chi connectivity index (χ1n) is 5.74. The normalized spacial score (nSPS) is 10.8. The highest BCUT2D eigenvalue weighted by atomic mass is 15.1. The lowest BCUT2D eigenvalue weighted by Crippen LogP contribution is -2.01. The molecule has 90 valence electrons. The zero-order valence-electron chi connectivity index (χ0n) is 10.2. The maximum atomic E-state index is 4.47. The number of rotatable bonds is 2. The van der Waals surface area contributed by atoms with Gasteiger partial charge in [0.15, 0.2) is 0 Å². The SMILES string of the molecule is Cc1ncc(C)c(Nc2ccc3cc[nH]c3n2)n1. The highest BCUT2D eigenvalue weighted by Crippen LogP contribution is 2.18. The van der Waals surface area contributed by atoms with Crippen LogP contribution in [0.25, 0.3) is 11.0 Å². The molecule has 0 spiro atoms. The Morgan fingerprint density at radius 1 is 1.11 bits per heavy atom. The Bertz CT molecular complexity index is 701. The van der Waals surface area contributed by atoms with Crippen molar-refractivity contribution in [1.29, 1.82) is 0 Å². The molecule has 3 aromatic rings. The van der Waals surface area contributed by atoms with Crippen LogP contribution >= 0.6 is 0 Å². The van der Waals surface area contributed by atoms with Crippen molar-refractivity contribution in [3.8, 4) is 0 Å². The monoisotopic (exact) mass is 239 g/mol. The molecule has 18 heavy (non-hydrogen) atoms. The predicted octanol–water partition coefficient (Wildman–Crippen LogP) is 2.71. The van der Waals surface area contributed by atoms with Gasteiger partial charge in [-0.05, 0) is 32.0 Å². The van der Waals surface area contributed by atoms with Crippen LogP contribution in [-0.2, 0) is 0 Å². The number of anilines is 2. The largest absolute Gasteiger partial charge is 0.346 e. The smallest absolute Gasteiger partial charge is 0.139 e. The summed E-state index contributed by atoms with van der Waals surface area (Å²) in [5.41, 5.74) is 1.86. The maximum absolute atomic E-state index is 4.47. The van der Waals surface area contributed by atoms with Crippen LogP contribution in [0.5, 0.6) is 0 Å². The first kappa shape index (κ1) is 10.7. The molecule has 0 bridgehead atoms. The number of nitrogens with zero attached hydrogens (tertiary/aromatic N) is 3. The van der Waals surface area contributed by atoms with Gasteiger partial charge in [0.25, 0.3) is 0 Å². The fourth-order valence-electron chi connectivity index (χ4n) is 1.78. The molecular weight excluding hydrogens is 226 g/mol. The molecule has 5 nitrogen and oxygen atoms in total. The van der Waals surface area contributed by atoms with Gasteiger partial charge in [-0.15, -0.1) is 0 Å². The number of nitrogens with one attached hydrogen (secondary N) is 2. The van der Waals surface area contributed by atoms with Crippen molar-refractivity contribution in [2.45, 2.75) is 13.8 Å². The third-order valence-electron chi connectivity index (χ3n) is 2.75. The summed E-state index contributed by atoms with van der Waals surface area (Å²) < 4.78 is 0. The lowest BCUT2D eigenvalue weighted by atomic mass is 10.3. The molecule has 0 aliphatic heterocycles. The molecule has 0 aliphatic rings. The second-order valence-corrected chi connectivity index (χ2v) is 4.19. The van der Waals surface area contributed by atoms with Crippen LogP contribution in [0, 0.1) is 13.8 Å². The first-order valence-corrected chi connectivity index (χ1v) is 5.74. The van der Waals surface area contributed by atoms with E-state index in [0.29, 0.717) is 0 Å². The topological polar surface area (TPSA) is 66.5 Å². The standard InChI is InChI=1S/C13H13N5/c1-8-7-15-9(2)16-12(8)17-11-4-3-10-5-6-14-13(10)18-11/h3-7H,1-2H3,(H2,14,15,16,17,18). The average Bonchev–Trinajstić information content (AvgIpc) is 2.81. The number of aromatic amines is 1. The van der Waals surface area contributed by atoms with Crippen molar-refractivity contribution in [3.05, 3.63) is 42.0 Å². The Labute approximate surface area is 104 Å². The Balaban J connectivity index is 1.97. The molecule has 0 saturated carbocycles. The third-order valence-corrected chi connectivity index (χ3v) is 2.75. The summed E-state index contributed by atoms with van der Waals surface area (Å²) in [5, 5.41) is 4.31. The molecule has 0 aliphatic carbocycles. The average molecular weight is 239 g/mol. The summed E-state index contributed by atoms with van der Waals surface area (Å²) >= 11 is 0. The summed E-state index contributed by atoms with van der Waals surface area (Å²) in [7, 11) is 0. The maximum Gasteiger partial charge on any atom is 0.139 e. The van der Waals surface area contributed by atoms with E-state index in [9.17, 15) is 0 Å². The van der Waals surface area contributed by atoms with E-state index >= 15 is 0 Å². The van der Waals surface area contributed by atoms with Crippen molar-refractivity contribution in [1.82, 2.24) is 19.9 Å². The van der Waals surface area contributed by atoms with E-state index in [1.54, 1.807) is 6.20 Å². The van der Waals surface area contributed by atoms with E-state index in [2.05, 4.69) is 25.3 Å². The first-order chi connectivity index (χ1) is 8.72. The minimum Gasteiger partial charge on any atom is -0.346 e. The molecular formula is C13H13N5. The van der Waals surface area contributed by atoms with E-state index in [0.717, 1.165) is 34.1 Å². The van der Waals surface area contributed by atoms with Crippen LogP contribution in [0.3, 0.4) is 0 Å². The third kappa shape index (κ3) is 1.90. The fourth-order valence-corrected chi connectivity index (χ4v) is 1.78. The van der Waals surface area contributed by atoms with Gasteiger partial charge in [0.1, 0.15) is 23.1 Å². The summed E-state index contributed by atoms with van der Waals surface area (Å²) in [5.74, 6) is 2.30. The van der Waals surface area contributed by atoms with Crippen LogP contribution in [0.4, 0.5) is 11.6 Å². The zero-order valence-corrected chi connectivity index (χ0v) is 10.2. The van der Waals surface area contributed by atoms with E-state index in [1.807, 2.05) is 38.2 Å². The van der Waals surface area contributed by atoms with E-state index in [1.165, 1.54) is 0 Å². The molecule has 0 unspecified atom stereocenters. The molecule has 0 radical (unpaired) electrons. The van der Waals surface area contributed by atoms with Crippen LogP contribution in [0.1, 0.15) is 11.4 Å². The van der Waals surface area contributed by atoms with E-state index in [-0.39, 0.29) is 0 Å². The van der Waals surface area contributed by atoms with Gasteiger partial charge in [-0.2, -0.15) is 0 Å². The predicted molar refractivity (Wildman–Crippen MR) is 70.9 cm³/mol. The highest BCUT2D eigenvalue weighted by Gasteiger charge is 2.04. The molecule has 3 rings (SSSR count). The van der Waals surface area contributed by atoms with Crippen LogP contribution in [-0.4, -0.2) is 19.9 Å². The Hall–Kier alpha value is -2.43. The van der Waals surface area contributed by atoms with Gasteiger partial charge in [0.2, 0.25) is 0 Å².